The van der Waals surface area contributed by atoms with Gasteiger partial charge in [-0.15, -0.1) is 0 Å². The molecule has 0 heterocycles. The van der Waals surface area contributed by atoms with Crippen LogP contribution in [0, 0.1) is 22.0 Å². The number of Topliss-reactive ketones (excluding diaryl/α,β-unsaturated/α-hetero) is 1. The van der Waals surface area contributed by atoms with Gasteiger partial charge in [-0.25, -0.2) is 0 Å². The molecule has 0 radical (unpaired) electrons. The lowest BCUT2D eigenvalue weighted by Gasteiger charge is -2.44. The molecule has 0 unspecified atom stereocenters. The molecule has 32 heavy (non-hydrogen) atoms. The van der Waals surface area contributed by atoms with Crippen molar-refractivity contribution in [2.75, 3.05) is 0 Å². The molecule has 1 saturated carbocycles. The number of nitrogens with zero attached hydrogens (tertiary/aromatic N) is 1. The van der Waals surface area contributed by atoms with E-state index in [1.54, 1.807) is 41.5 Å². The van der Waals surface area contributed by atoms with Crippen molar-refractivity contribution in [3.8, 4) is 0 Å². The van der Waals surface area contributed by atoms with E-state index >= 15 is 0 Å². The van der Waals surface area contributed by atoms with Crippen LogP contribution in [0.5, 0.6) is 0 Å². The monoisotopic (exact) mass is 449 g/mol. The van der Waals surface area contributed by atoms with Crippen molar-refractivity contribution in [1.29, 1.82) is 0 Å². The van der Waals surface area contributed by atoms with Gasteiger partial charge in [0.15, 0.2) is 5.78 Å². The molecule has 1 aliphatic rings. The van der Waals surface area contributed by atoms with E-state index < -0.39 is 63.6 Å². The van der Waals surface area contributed by atoms with Crippen molar-refractivity contribution < 1.29 is 33.9 Å². The number of hydrogen-bond donors (Lipinski definition) is 1. The molecule has 0 bridgehead atoms. The highest BCUT2D eigenvalue weighted by atomic mass is 16.6. The Morgan fingerprint density at radius 3 is 2.12 bits per heavy atom. The summed E-state index contributed by atoms with van der Waals surface area (Å²) in [6.45, 7) is 11.2. The molecule has 9 heteroatoms. The summed E-state index contributed by atoms with van der Waals surface area (Å²) >= 11 is 0. The van der Waals surface area contributed by atoms with Crippen LogP contribution in [-0.4, -0.2) is 44.6 Å². The van der Waals surface area contributed by atoms with Crippen LogP contribution in [0.2, 0.25) is 0 Å². The Hall–Kier alpha value is -2.81. The van der Waals surface area contributed by atoms with Crippen molar-refractivity contribution in [2.24, 2.45) is 11.8 Å². The van der Waals surface area contributed by atoms with E-state index in [0.717, 1.165) is 0 Å². The lowest BCUT2D eigenvalue weighted by Crippen LogP contribution is -2.56. The van der Waals surface area contributed by atoms with Crippen molar-refractivity contribution in [1.82, 2.24) is 0 Å². The molecule has 1 aromatic carbocycles. The van der Waals surface area contributed by atoms with Gasteiger partial charge in [0.1, 0.15) is 17.1 Å². The second kappa shape index (κ2) is 8.61. The Kier molecular flexibility index (Phi) is 6.85. The van der Waals surface area contributed by atoms with Crippen LogP contribution in [-0.2, 0) is 23.9 Å². The van der Waals surface area contributed by atoms with Crippen LogP contribution in [0.3, 0.4) is 0 Å². The molecule has 1 N–H and O–H groups in total. The van der Waals surface area contributed by atoms with Gasteiger partial charge in [-0.3, -0.25) is 24.5 Å². The van der Waals surface area contributed by atoms with Gasteiger partial charge in [0, 0.05) is 24.5 Å². The number of carbonyl (C=O) groups excluding carboxylic acids is 3. The maximum absolute atomic E-state index is 13.2. The molecule has 0 amide bonds. The van der Waals surface area contributed by atoms with Crippen molar-refractivity contribution in [2.45, 2.75) is 77.6 Å². The molecule has 9 nitrogen and oxygen atoms in total. The van der Waals surface area contributed by atoms with E-state index in [-0.39, 0.29) is 11.3 Å². The number of nitro groups is 1. The third-order valence-corrected chi connectivity index (χ3v) is 5.05. The van der Waals surface area contributed by atoms with E-state index in [4.69, 9.17) is 9.47 Å². The molecule has 2 rings (SSSR count). The number of esters is 2. The van der Waals surface area contributed by atoms with Crippen LogP contribution in [0.15, 0.2) is 24.3 Å². The number of rotatable bonds is 4. The van der Waals surface area contributed by atoms with Crippen molar-refractivity contribution >= 4 is 23.4 Å². The fourth-order valence-corrected chi connectivity index (χ4v) is 3.99. The normalized spacial score (nSPS) is 26.4. The molecule has 0 aliphatic heterocycles. The highest BCUT2D eigenvalue weighted by Crippen LogP contribution is 2.47. The van der Waals surface area contributed by atoms with E-state index in [1.165, 1.54) is 31.2 Å². The SMILES string of the molecule is CC(C)(C)OC(=O)[C@@H]1C(=O)C[C@](C)(O)[C@@H](C(=O)OC(C)(C)C)[C@H]1c1cccc([N+](=O)[O-])c1. The van der Waals surface area contributed by atoms with Gasteiger partial charge < -0.3 is 14.6 Å². The number of non-ortho nitro benzene ring substituents is 1. The first-order valence-electron chi connectivity index (χ1n) is 10.4. The maximum Gasteiger partial charge on any atom is 0.317 e. The quantitative estimate of drug-likeness (QED) is 0.320. The average molecular weight is 450 g/mol. The molecule has 0 aromatic heterocycles. The van der Waals surface area contributed by atoms with Crippen LogP contribution in [0.1, 0.15) is 66.4 Å². The second-order valence-corrected chi connectivity index (χ2v) is 10.4. The maximum atomic E-state index is 13.2. The standard InChI is InChI=1S/C23H31NO8/c1-21(2,3)31-19(26)17-15(25)12-23(7,28)18(20(27)32-22(4,5)6)16(17)13-9-8-10-14(11-13)24(29)30/h8-11,16-18,28H,12H2,1-7H3/t16-,17+,18+,23-/m0/s1. The largest absolute Gasteiger partial charge is 0.460 e. The fraction of sp³-hybridized carbons (Fsp3) is 0.609. The van der Waals surface area contributed by atoms with Gasteiger partial charge in [0.25, 0.3) is 5.69 Å². The summed E-state index contributed by atoms with van der Waals surface area (Å²) in [7, 11) is 0. The van der Waals surface area contributed by atoms with Gasteiger partial charge in [-0.2, -0.15) is 0 Å². The first-order valence-corrected chi connectivity index (χ1v) is 10.4. The molecule has 1 aliphatic carbocycles. The highest BCUT2D eigenvalue weighted by Gasteiger charge is 2.58. The zero-order valence-electron chi connectivity index (χ0n) is 19.5. The molecule has 0 spiro atoms. The van der Waals surface area contributed by atoms with E-state index in [2.05, 4.69) is 0 Å². The van der Waals surface area contributed by atoms with Gasteiger partial charge in [0.05, 0.1) is 16.4 Å². The summed E-state index contributed by atoms with van der Waals surface area (Å²) in [5.74, 6) is -6.26. The minimum Gasteiger partial charge on any atom is -0.460 e. The number of nitro benzene ring substituents is 1. The lowest BCUT2D eigenvalue weighted by atomic mass is 9.61. The fourth-order valence-electron chi connectivity index (χ4n) is 3.99. The second-order valence-electron chi connectivity index (χ2n) is 10.4. The van der Waals surface area contributed by atoms with Crippen LogP contribution in [0.4, 0.5) is 5.69 Å². The van der Waals surface area contributed by atoms with E-state index in [9.17, 15) is 29.6 Å². The first kappa shape index (κ1) is 25.5. The molecular weight excluding hydrogens is 418 g/mol. The third kappa shape index (κ3) is 5.91. The van der Waals surface area contributed by atoms with Crippen LogP contribution in [0.25, 0.3) is 0 Å². The number of benzene rings is 1. The summed E-state index contributed by atoms with van der Waals surface area (Å²) < 4.78 is 11.0. The van der Waals surface area contributed by atoms with Gasteiger partial charge in [-0.1, -0.05) is 12.1 Å². The summed E-state index contributed by atoms with van der Waals surface area (Å²) in [5, 5.41) is 22.4. The van der Waals surface area contributed by atoms with Gasteiger partial charge >= 0.3 is 11.9 Å². The molecule has 0 saturated heterocycles. The topological polar surface area (TPSA) is 133 Å². The number of aliphatic hydroxyl groups is 1. The number of carbonyl (C=O) groups is 3. The van der Waals surface area contributed by atoms with E-state index in [0.29, 0.717) is 0 Å². The summed E-state index contributed by atoms with van der Waals surface area (Å²) in [6.07, 6.45) is -0.466. The Balaban J connectivity index is 2.70. The number of ketones is 1. The summed E-state index contributed by atoms with van der Waals surface area (Å²) in [6, 6.07) is 5.35. The summed E-state index contributed by atoms with van der Waals surface area (Å²) in [4.78, 5) is 50.1. The average Bonchev–Trinajstić information content (AvgIpc) is 2.56. The Morgan fingerprint density at radius 2 is 1.62 bits per heavy atom. The lowest BCUT2D eigenvalue weighted by molar-refractivity contribution is -0.385. The predicted octanol–water partition coefficient (Wildman–Crippen LogP) is 3.32. The molecular formula is C23H31NO8. The van der Waals surface area contributed by atoms with Crippen molar-refractivity contribution in [3.63, 3.8) is 0 Å². The third-order valence-electron chi connectivity index (χ3n) is 5.05. The highest BCUT2D eigenvalue weighted by molar-refractivity contribution is 6.03. The number of ether oxygens (including phenoxy) is 2. The number of hydrogen-bond acceptors (Lipinski definition) is 8. The zero-order chi connectivity index (χ0) is 24.6. The van der Waals surface area contributed by atoms with E-state index in [1.807, 2.05) is 0 Å². The molecule has 1 aromatic rings. The predicted molar refractivity (Wildman–Crippen MR) is 115 cm³/mol. The summed E-state index contributed by atoms with van der Waals surface area (Å²) in [5.41, 5.74) is -3.73. The van der Waals surface area contributed by atoms with Gasteiger partial charge in [0.2, 0.25) is 0 Å². The van der Waals surface area contributed by atoms with Crippen molar-refractivity contribution in [3.05, 3.63) is 39.9 Å². The minimum absolute atomic E-state index is 0.194. The molecule has 1 fully saturated rings. The van der Waals surface area contributed by atoms with Gasteiger partial charge in [-0.05, 0) is 54.0 Å². The smallest absolute Gasteiger partial charge is 0.317 e. The minimum atomic E-state index is -1.84. The molecule has 4 atom stereocenters. The first-order chi connectivity index (χ1) is 14.4. The molecule has 176 valence electrons. The Bertz CT molecular complexity index is 923. The van der Waals surface area contributed by atoms with Crippen LogP contribution >= 0.6 is 0 Å². The Labute approximate surface area is 187 Å². The zero-order valence-corrected chi connectivity index (χ0v) is 19.5. The Morgan fingerprint density at radius 1 is 1.09 bits per heavy atom. The van der Waals surface area contributed by atoms with Crippen LogP contribution < -0.4 is 0 Å².